The molecule has 0 aliphatic rings. The molecule has 18 heavy (non-hydrogen) atoms. The predicted octanol–water partition coefficient (Wildman–Crippen LogP) is 2.72. The molecule has 0 spiro atoms. The first kappa shape index (κ1) is 14.6. The summed E-state index contributed by atoms with van der Waals surface area (Å²) >= 11 is 0. The molecular formula is C14H21NO3. The van der Waals surface area contributed by atoms with Gasteiger partial charge in [-0.15, -0.1) is 0 Å². The Bertz CT molecular complexity index is 402. The molecule has 0 aliphatic carbocycles. The van der Waals surface area contributed by atoms with Crippen molar-refractivity contribution < 1.29 is 14.3 Å². The van der Waals surface area contributed by atoms with Crippen molar-refractivity contribution >= 4 is 5.78 Å². The number of hydrogen-bond donors (Lipinski definition) is 0. The number of aromatic nitrogens is 1. The minimum atomic E-state index is -0.443. The molecule has 1 heterocycles. The number of hydrogen-bond acceptors (Lipinski definition) is 4. The number of pyridine rings is 1. The molecule has 0 saturated carbocycles. The average Bonchev–Trinajstić information content (AvgIpc) is 2.28. The first-order valence-corrected chi connectivity index (χ1v) is 6.14. The van der Waals surface area contributed by atoms with Crippen LogP contribution in [0.4, 0.5) is 0 Å². The van der Waals surface area contributed by atoms with Crippen molar-refractivity contribution in [1.29, 1.82) is 0 Å². The molecule has 0 N–H and O–H groups in total. The maximum Gasteiger partial charge on any atom is 0.193 e. The summed E-state index contributed by atoms with van der Waals surface area (Å²) in [6.07, 6.45) is 2.76. The van der Waals surface area contributed by atoms with Crippen LogP contribution in [0.5, 0.6) is 5.75 Å². The molecule has 0 amide bonds. The van der Waals surface area contributed by atoms with E-state index in [2.05, 4.69) is 4.98 Å². The third kappa shape index (κ3) is 3.81. The number of ketones is 1. The Morgan fingerprint density at radius 1 is 1.22 bits per heavy atom. The minimum absolute atomic E-state index is 0.0560. The summed E-state index contributed by atoms with van der Waals surface area (Å²) in [5.74, 6) is 0.667. The van der Waals surface area contributed by atoms with E-state index in [1.807, 2.05) is 27.7 Å². The minimum Gasteiger partial charge on any atom is -0.489 e. The monoisotopic (exact) mass is 251 g/mol. The fraction of sp³-hybridized carbons (Fsp3) is 0.571. The second-order valence-electron chi connectivity index (χ2n) is 4.84. The van der Waals surface area contributed by atoms with Gasteiger partial charge in [0.05, 0.1) is 12.3 Å². The molecular weight excluding hydrogens is 230 g/mol. The summed E-state index contributed by atoms with van der Waals surface area (Å²) < 4.78 is 10.8. The van der Waals surface area contributed by atoms with Gasteiger partial charge in [0.1, 0.15) is 11.9 Å². The molecule has 1 unspecified atom stereocenters. The number of carbonyl (C=O) groups is 1. The van der Waals surface area contributed by atoms with E-state index >= 15 is 0 Å². The lowest BCUT2D eigenvalue weighted by molar-refractivity contribution is 0.0458. The number of Topliss-reactive ketones (excluding diaryl/α,β-unsaturated/α-hetero) is 1. The van der Waals surface area contributed by atoms with Crippen molar-refractivity contribution in [2.75, 3.05) is 7.11 Å². The van der Waals surface area contributed by atoms with Gasteiger partial charge in [0.2, 0.25) is 0 Å². The number of methoxy groups -OCH3 is 1. The predicted molar refractivity (Wildman–Crippen MR) is 70.0 cm³/mol. The highest BCUT2D eigenvalue weighted by Gasteiger charge is 2.23. The summed E-state index contributed by atoms with van der Waals surface area (Å²) in [7, 11) is 1.55. The highest BCUT2D eigenvalue weighted by atomic mass is 16.5. The number of carbonyl (C=O) groups excluding carboxylic acids is 1. The van der Waals surface area contributed by atoms with Gasteiger partial charge in [-0.3, -0.25) is 9.78 Å². The SMILES string of the molecule is COC(C(=O)c1cncc(OC(C)C)c1)C(C)C. The molecule has 1 rings (SSSR count). The Morgan fingerprint density at radius 2 is 1.89 bits per heavy atom. The lowest BCUT2D eigenvalue weighted by atomic mass is 9.98. The molecule has 4 nitrogen and oxygen atoms in total. The van der Waals surface area contributed by atoms with Crippen LogP contribution in [0, 0.1) is 5.92 Å². The van der Waals surface area contributed by atoms with Crippen LogP contribution < -0.4 is 4.74 Å². The highest BCUT2D eigenvalue weighted by Crippen LogP contribution is 2.17. The molecule has 1 aromatic heterocycles. The lowest BCUT2D eigenvalue weighted by Crippen LogP contribution is -2.28. The van der Waals surface area contributed by atoms with Crippen LogP contribution >= 0.6 is 0 Å². The second-order valence-corrected chi connectivity index (χ2v) is 4.84. The molecule has 0 bridgehead atoms. The van der Waals surface area contributed by atoms with Gasteiger partial charge in [-0.2, -0.15) is 0 Å². The first-order valence-electron chi connectivity index (χ1n) is 6.14. The fourth-order valence-corrected chi connectivity index (χ4v) is 1.74. The van der Waals surface area contributed by atoms with E-state index in [1.54, 1.807) is 25.6 Å². The van der Waals surface area contributed by atoms with Crippen LogP contribution in [0.2, 0.25) is 0 Å². The molecule has 1 atom stereocenters. The van der Waals surface area contributed by atoms with Crippen LogP contribution in [-0.2, 0) is 4.74 Å². The van der Waals surface area contributed by atoms with Crippen LogP contribution in [0.25, 0.3) is 0 Å². The molecule has 0 radical (unpaired) electrons. The van der Waals surface area contributed by atoms with E-state index in [0.29, 0.717) is 11.3 Å². The molecule has 1 aromatic rings. The van der Waals surface area contributed by atoms with Crippen molar-refractivity contribution in [3.8, 4) is 5.75 Å². The van der Waals surface area contributed by atoms with Gasteiger partial charge in [-0.05, 0) is 25.8 Å². The smallest absolute Gasteiger partial charge is 0.193 e. The summed E-state index contributed by atoms with van der Waals surface area (Å²) in [5, 5.41) is 0. The quantitative estimate of drug-likeness (QED) is 0.729. The van der Waals surface area contributed by atoms with E-state index in [-0.39, 0.29) is 17.8 Å². The maximum atomic E-state index is 12.2. The molecule has 100 valence electrons. The lowest BCUT2D eigenvalue weighted by Gasteiger charge is -2.18. The van der Waals surface area contributed by atoms with Gasteiger partial charge in [-0.25, -0.2) is 0 Å². The Hall–Kier alpha value is -1.42. The van der Waals surface area contributed by atoms with Gasteiger partial charge >= 0.3 is 0 Å². The first-order chi connectivity index (χ1) is 8.45. The third-order valence-electron chi connectivity index (χ3n) is 2.49. The number of nitrogens with zero attached hydrogens (tertiary/aromatic N) is 1. The largest absolute Gasteiger partial charge is 0.489 e. The van der Waals surface area contributed by atoms with Crippen molar-refractivity contribution in [2.24, 2.45) is 5.92 Å². The zero-order valence-electron chi connectivity index (χ0n) is 11.6. The topological polar surface area (TPSA) is 48.4 Å². The molecule has 0 saturated heterocycles. The van der Waals surface area contributed by atoms with Crippen molar-refractivity contribution in [3.63, 3.8) is 0 Å². The van der Waals surface area contributed by atoms with Crippen molar-refractivity contribution in [1.82, 2.24) is 4.98 Å². The van der Waals surface area contributed by atoms with Crippen molar-refractivity contribution in [2.45, 2.75) is 39.9 Å². The zero-order chi connectivity index (χ0) is 13.7. The van der Waals surface area contributed by atoms with Gasteiger partial charge < -0.3 is 9.47 Å². The summed E-state index contributed by atoms with van der Waals surface area (Å²) in [6, 6.07) is 1.71. The standard InChI is InChI=1S/C14H21NO3/c1-9(2)14(17-5)13(16)11-6-12(8-15-7-11)18-10(3)4/h6-10,14H,1-5H3. The second kappa shape index (κ2) is 6.50. The summed E-state index contributed by atoms with van der Waals surface area (Å²) in [4.78, 5) is 16.3. The fourth-order valence-electron chi connectivity index (χ4n) is 1.74. The van der Waals surface area contributed by atoms with E-state index in [9.17, 15) is 4.79 Å². The Morgan fingerprint density at radius 3 is 2.39 bits per heavy atom. The molecule has 0 fully saturated rings. The van der Waals surface area contributed by atoms with E-state index in [0.717, 1.165) is 0 Å². The number of rotatable bonds is 6. The molecule has 4 heteroatoms. The van der Waals surface area contributed by atoms with Crippen LogP contribution in [-0.4, -0.2) is 30.1 Å². The van der Waals surface area contributed by atoms with Crippen molar-refractivity contribution in [3.05, 3.63) is 24.0 Å². The van der Waals surface area contributed by atoms with Gasteiger partial charge in [-0.1, -0.05) is 13.8 Å². The van der Waals surface area contributed by atoms with Crippen LogP contribution in [0.3, 0.4) is 0 Å². The van der Waals surface area contributed by atoms with E-state index in [4.69, 9.17) is 9.47 Å². The Labute approximate surface area is 108 Å². The van der Waals surface area contributed by atoms with Gasteiger partial charge in [0, 0.05) is 18.9 Å². The van der Waals surface area contributed by atoms with Crippen LogP contribution in [0.15, 0.2) is 18.5 Å². The van der Waals surface area contributed by atoms with E-state index < -0.39 is 6.10 Å². The Balaban J connectivity index is 2.92. The van der Waals surface area contributed by atoms with E-state index in [1.165, 1.54) is 0 Å². The zero-order valence-corrected chi connectivity index (χ0v) is 11.6. The maximum absolute atomic E-state index is 12.2. The van der Waals surface area contributed by atoms with Gasteiger partial charge in [0.25, 0.3) is 0 Å². The Kier molecular flexibility index (Phi) is 5.28. The summed E-state index contributed by atoms with van der Waals surface area (Å²) in [6.45, 7) is 7.77. The third-order valence-corrected chi connectivity index (χ3v) is 2.49. The highest BCUT2D eigenvalue weighted by molar-refractivity contribution is 5.99. The average molecular weight is 251 g/mol. The molecule has 0 aromatic carbocycles. The number of ether oxygens (including phenoxy) is 2. The molecule has 0 aliphatic heterocycles. The summed E-state index contributed by atoms with van der Waals surface area (Å²) in [5.41, 5.74) is 0.522. The van der Waals surface area contributed by atoms with Crippen LogP contribution in [0.1, 0.15) is 38.1 Å². The van der Waals surface area contributed by atoms with Gasteiger partial charge in [0.15, 0.2) is 5.78 Å². The normalized spacial score (nSPS) is 12.8.